The van der Waals surface area contributed by atoms with Gasteiger partial charge in [-0.05, 0) is 24.3 Å². The third-order valence-corrected chi connectivity index (χ3v) is 2.71. The molecule has 0 aliphatic carbocycles. The van der Waals surface area contributed by atoms with Crippen LogP contribution in [0, 0.1) is 5.82 Å². The Hall–Kier alpha value is -1.94. The lowest BCUT2D eigenvalue weighted by Gasteiger charge is -2.06. The highest BCUT2D eigenvalue weighted by Gasteiger charge is 2.20. The summed E-state index contributed by atoms with van der Waals surface area (Å²) in [5, 5.41) is 0.185. The topological polar surface area (TPSA) is 39.2 Å². The van der Waals surface area contributed by atoms with E-state index in [-0.39, 0.29) is 22.0 Å². The van der Waals surface area contributed by atoms with Crippen LogP contribution in [-0.4, -0.2) is 17.9 Å². The molecule has 0 atom stereocenters. The van der Waals surface area contributed by atoms with Gasteiger partial charge in [-0.1, -0.05) is 17.7 Å². The molecule has 0 bridgehead atoms. The number of ether oxygens (including phenoxy) is 1. The largest absolute Gasteiger partial charge is 0.494 e. The molecule has 3 nitrogen and oxygen atoms in total. The van der Waals surface area contributed by atoms with Gasteiger partial charge < -0.3 is 4.74 Å². The number of methoxy groups -OCH3 is 1. The number of hydrogen-bond donors (Lipinski definition) is 0. The van der Waals surface area contributed by atoms with Crippen LogP contribution < -0.4 is 4.74 Å². The highest BCUT2D eigenvalue weighted by atomic mass is 35.5. The van der Waals surface area contributed by atoms with Crippen LogP contribution in [0.3, 0.4) is 0 Å². The molecule has 1 aromatic heterocycles. The lowest BCUT2D eigenvalue weighted by atomic mass is 10.1. The van der Waals surface area contributed by atoms with Crippen LogP contribution >= 0.6 is 11.6 Å². The monoisotopic (exact) mass is 265 g/mol. The van der Waals surface area contributed by atoms with Crippen LogP contribution in [-0.2, 0) is 0 Å². The number of halogens is 2. The molecule has 0 radical (unpaired) electrons. The van der Waals surface area contributed by atoms with E-state index in [2.05, 4.69) is 4.98 Å². The maximum absolute atomic E-state index is 13.9. The zero-order valence-corrected chi connectivity index (χ0v) is 10.2. The molecule has 2 rings (SSSR count). The van der Waals surface area contributed by atoms with Crippen LogP contribution in [0.1, 0.15) is 16.1 Å². The molecule has 0 saturated heterocycles. The number of nitrogens with zero attached hydrogens (tertiary/aromatic N) is 1. The molecule has 0 spiro atoms. The predicted octanol–water partition coefficient (Wildman–Crippen LogP) is 3.11. The first-order valence-corrected chi connectivity index (χ1v) is 5.50. The first-order valence-electron chi connectivity index (χ1n) is 5.13. The Morgan fingerprint density at radius 2 is 2.11 bits per heavy atom. The molecule has 92 valence electrons. The van der Waals surface area contributed by atoms with Gasteiger partial charge in [0, 0.05) is 6.20 Å². The number of rotatable bonds is 3. The van der Waals surface area contributed by atoms with Crippen LogP contribution in [0.25, 0.3) is 0 Å². The fourth-order valence-electron chi connectivity index (χ4n) is 1.52. The molecule has 0 amide bonds. The molecule has 0 aliphatic rings. The molecule has 0 saturated carbocycles. The second-order valence-corrected chi connectivity index (χ2v) is 3.89. The Balaban J connectivity index is 2.50. The summed E-state index contributed by atoms with van der Waals surface area (Å²) < 4.78 is 18.7. The van der Waals surface area contributed by atoms with Gasteiger partial charge in [-0.3, -0.25) is 9.78 Å². The summed E-state index contributed by atoms with van der Waals surface area (Å²) in [4.78, 5) is 16.0. The lowest BCUT2D eigenvalue weighted by molar-refractivity contribution is 0.103. The maximum atomic E-state index is 13.9. The summed E-state index contributed by atoms with van der Waals surface area (Å²) in [7, 11) is 1.33. The number of benzene rings is 1. The minimum Gasteiger partial charge on any atom is -0.494 e. The van der Waals surface area contributed by atoms with Crippen molar-refractivity contribution in [2.75, 3.05) is 7.11 Å². The summed E-state index contributed by atoms with van der Waals surface area (Å²) in [6.07, 6.45) is 1.43. The van der Waals surface area contributed by atoms with Gasteiger partial charge in [-0.25, -0.2) is 4.39 Å². The predicted molar refractivity (Wildman–Crippen MR) is 65.6 cm³/mol. The average molecular weight is 266 g/mol. The van der Waals surface area contributed by atoms with Crippen molar-refractivity contribution < 1.29 is 13.9 Å². The Morgan fingerprint density at radius 3 is 2.78 bits per heavy atom. The van der Waals surface area contributed by atoms with E-state index in [1.165, 1.54) is 37.6 Å². The van der Waals surface area contributed by atoms with Gasteiger partial charge in [-0.15, -0.1) is 0 Å². The third-order valence-electron chi connectivity index (χ3n) is 2.40. The van der Waals surface area contributed by atoms with Crippen molar-refractivity contribution >= 4 is 17.4 Å². The van der Waals surface area contributed by atoms with Crippen molar-refractivity contribution in [3.05, 3.63) is 58.6 Å². The van der Waals surface area contributed by atoms with E-state index in [9.17, 15) is 9.18 Å². The highest BCUT2D eigenvalue weighted by Crippen LogP contribution is 2.24. The van der Waals surface area contributed by atoms with Gasteiger partial charge >= 0.3 is 0 Å². The van der Waals surface area contributed by atoms with Gasteiger partial charge in [0.2, 0.25) is 5.78 Å². The standard InChI is InChI=1S/C13H9ClFNO2/c1-18-10-6-2-4-8(11(10)15)13(17)12-9(14)5-3-7-16-12/h2-7H,1H3. The summed E-state index contributed by atoms with van der Waals surface area (Å²) in [6.45, 7) is 0. The zero-order valence-electron chi connectivity index (χ0n) is 9.48. The number of ketones is 1. The van der Waals surface area contributed by atoms with E-state index in [0.717, 1.165) is 0 Å². The van der Waals surface area contributed by atoms with E-state index in [4.69, 9.17) is 16.3 Å². The quantitative estimate of drug-likeness (QED) is 0.801. The first kappa shape index (κ1) is 12.5. The van der Waals surface area contributed by atoms with E-state index in [1.807, 2.05) is 0 Å². The molecule has 0 N–H and O–H groups in total. The number of hydrogen-bond acceptors (Lipinski definition) is 3. The Morgan fingerprint density at radius 1 is 1.33 bits per heavy atom. The van der Waals surface area contributed by atoms with Gasteiger partial charge in [0.25, 0.3) is 0 Å². The van der Waals surface area contributed by atoms with E-state index in [1.54, 1.807) is 6.07 Å². The van der Waals surface area contributed by atoms with Crippen LogP contribution in [0.4, 0.5) is 4.39 Å². The summed E-state index contributed by atoms with van der Waals surface area (Å²) in [6, 6.07) is 7.46. The molecule has 0 unspecified atom stereocenters. The molecular formula is C13H9ClFNO2. The van der Waals surface area contributed by atoms with E-state index >= 15 is 0 Å². The molecule has 18 heavy (non-hydrogen) atoms. The molecule has 0 fully saturated rings. The summed E-state index contributed by atoms with van der Waals surface area (Å²) >= 11 is 5.86. The van der Waals surface area contributed by atoms with Crippen LogP contribution in [0.15, 0.2) is 36.5 Å². The maximum Gasteiger partial charge on any atom is 0.215 e. The molecule has 1 aromatic carbocycles. The highest BCUT2D eigenvalue weighted by molar-refractivity contribution is 6.34. The van der Waals surface area contributed by atoms with Crippen molar-refractivity contribution in [3.8, 4) is 5.75 Å². The van der Waals surface area contributed by atoms with Crippen molar-refractivity contribution in [2.45, 2.75) is 0 Å². The fraction of sp³-hybridized carbons (Fsp3) is 0.0769. The molecule has 1 heterocycles. The summed E-state index contributed by atoms with van der Waals surface area (Å²) in [5.74, 6) is -1.28. The number of aromatic nitrogens is 1. The fourth-order valence-corrected chi connectivity index (χ4v) is 1.73. The number of carbonyl (C=O) groups excluding carboxylic acids is 1. The number of carbonyl (C=O) groups is 1. The minimum absolute atomic E-state index is 0.00732. The normalized spacial score (nSPS) is 10.2. The van der Waals surface area contributed by atoms with Crippen molar-refractivity contribution in [2.24, 2.45) is 0 Å². The smallest absolute Gasteiger partial charge is 0.215 e. The van der Waals surface area contributed by atoms with Crippen molar-refractivity contribution in [1.82, 2.24) is 4.98 Å². The number of pyridine rings is 1. The van der Waals surface area contributed by atoms with Gasteiger partial charge in [0.05, 0.1) is 17.7 Å². The minimum atomic E-state index is -0.716. The summed E-state index contributed by atoms with van der Waals surface area (Å²) in [5.41, 5.74) is -0.0960. The Labute approximate surface area is 108 Å². The SMILES string of the molecule is COc1cccc(C(=O)c2ncccc2Cl)c1F. The second kappa shape index (κ2) is 5.14. The average Bonchev–Trinajstić information content (AvgIpc) is 2.39. The Bertz CT molecular complexity index is 601. The molecule has 2 aromatic rings. The molecular weight excluding hydrogens is 257 g/mol. The van der Waals surface area contributed by atoms with Gasteiger partial charge in [0.1, 0.15) is 5.69 Å². The van der Waals surface area contributed by atoms with Crippen molar-refractivity contribution in [1.29, 1.82) is 0 Å². The Kier molecular flexibility index (Phi) is 3.58. The van der Waals surface area contributed by atoms with Crippen LogP contribution in [0.2, 0.25) is 5.02 Å². The molecule has 0 aliphatic heterocycles. The van der Waals surface area contributed by atoms with Crippen molar-refractivity contribution in [3.63, 3.8) is 0 Å². The van der Waals surface area contributed by atoms with E-state index in [0.29, 0.717) is 0 Å². The van der Waals surface area contributed by atoms with Gasteiger partial charge in [0.15, 0.2) is 11.6 Å². The molecule has 5 heteroatoms. The van der Waals surface area contributed by atoms with Gasteiger partial charge in [-0.2, -0.15) is 0 Å². The van der Waals surface area contributed by atoms with Crippen LogP contribution in [0.5, 0.6) is 5.75 Å². The lowest BCUT2D eigenvalue weighted by Crippen LogP contribution is -2.08. The third kappa shape index (κ3) is 2.19. The zero-order chi connectivity index (χ0) is 13.1. The van der Waals surface area contributed by atoms with E-state index < -0.39 is 11.6 Å². The first-order chi connectivity index (χ1) is 8.65. The second-order valence-electron chi connectivity index (χ2n) is 3.48.